The van der Waals surface area contributed by atoms with Crippen LogP contribution in [0.2, 0.25) is 0 Å². The fourth-order valence-corrected chi connectivity index (χ4v) is 3.71. The van der Waals surface area contributed by atoms with Gasteiger partial charge >= 0.3 is 0 Å². The Bertz CT molecular complexity index is 811. The predicted molar refractivity (Wildman–Crippen MR) is 90.6 cm³/mol. The minimum Gasteiger partial charge on any atom is -0.440 e. The molecular weight excluding hydrogens is 326 g/mol. The maximum absolute atomic E-state index is 12.6. The minimum atomic E-state index is -3.44. The van der Waals surface area contributed by atoms with Crippen LogP contribution in [0, 0.1) is 0 Å². The Morgan fingerprint density at radius 1 is 1.21 bits per heavy atom. The molecule has 1 aliphatic rings. The number of benzene rings is 1. The van der Waals surface area contributed by atoms with Gasteiger partial charge in [-0.3, -0.25) is 4.79 Å². The van der Waals surface area contributed by atoms with Gasteiger partial charge in [-0.05, 0) is 43.4 Å². The van der Waals surface area contributed by atoms with E-state index >= 15 is 0 Å². The highest BCUT2D eigenvalue weighted by Crippen LogP contribution is 2.25. The van der Waals surface area contributed by atoms with Gasteiger partial charge in [0.05, 0.1) is 0 Å². The zero-order chi connectivity index (χ0) is 17.2. The second kappa shape index (κ2) is 6.81. The van der Waals surface area contributed by atoms with E-state index in [1.165, 1.54) is 17.7 Å². The molecule has 128 valence electrons. The van der Waals surface area contributed by atoms with Crippen molar-refractivity contribution in [3.63, 3.8) is 0 Å². The number of amides is 1. The summed E-state index contributed by atoms with van der Waals surface area (Å²) in [5.74, 6) is -0.123. The quantitative estimate of drug-likeness (QED) is 0.834. The van der Waals surface area contributed by atoms with Crippen molar-refractivity contribution in [2.45, 2.75) is 36.8 Å². The Kier molecular flexibility index (Phi) is 4.76. The average molecular weight is 347 g/mol. The summed E-state index contributed by atoms with van der Waals surface area (Å²) in [5, 5.41) is -0.161. The van der Waals surface area contributed by atoms with Gasteiger partial charge < -0.3 is 9.32 Å². The number of rotatable bonds is 5. The van der Waals surface area contributed by atoms with Gasteiger partial charge in [-0.2, -0.15) is 0 Å². The van der Waals surface area contributed by atoms with Gasteiger partial charge in [0.25, 0.3) is 5.91 Å². The third-order valence-electron chi connectivity index (χ3n) is 4.40. The van der Waals surface area contributed by atoms with Crippen LogP contribution in [0.25, 0.3) is 0 Å². The molecule has 0 N–H and O–H groups in total. The van der Waals surface area contributed by atoms with Gasteiger partial charge in [-0.15, -0.1) is 0 Å². The first-order valence-corrected chi connectivity index (χ1v) is 9.99. The highest BCUT2D eigenvalue weighted by molar-refractivity contribution is 7.90. The van der Waals surface area contributed by atoms with Gasteiger partial charge in [-0.25, -0.2) is 8.42 Å². The van der Waals surface area contributed by atoms with Gasteiger partial charge in [0.15, 0.2) is 5.76 Å². The molecule has 1 saturated heterocycles. The van der Waals surface area contributed by atoms with Crippen molar-refractivity contribution >= 4 is 15.7 Å². The van der Waals surface area contributed by atoms with E-state index in [9.17, 15) is 13.2 Å². The molecule has 3 rings (SSSR count). The zero-order valence-electron chi connectivity index (χ0n) is 13.6. The molecule has 0 spiro atoms. The van der Waals surface area contributed by atoms with Crippen molar-refractivity contribution in [2.24, 2.45) is 0 Å². The van der Waals surface area contributed by atoms with Crippen LogP contribution in [-0.4, -0.2) is 38.1 Å². The molecule has 5 nitrogen and oxygen atoms in total. The lowest BCUT2D eigenvalue weighted by Crippen LogP contribution is -2.35. The summed E-state index contributed by atoms with van der Waals surface area (Å²) >= 11 is 0. The number of nitrogens with zero attached hydrogens (tertiary/aromatic N) is 1. The molecule has 6 heteroatoms. The lowest BCUT2D eigenvalue weighted by atomic mass is 10.0. The predicted octanol–water partition coefficient (Wildman–Crippen LogP) is 2.92. The highest BCUT2D eigenvalue weighted by Gasteiger charge is 2.31. The number of likely N-dealkylation sites (tertiary alicyclic amines) is 1. The number of hydrogen-bond donors (Lipinski definition) is 0. The third-order valence-corrected chi connectivity index (χ3v) is 5.35. The van der Waals surface area contributed by atoms with Crippen molar-refractivity contribution < 1.29 is 17.6 Å². The lowest BCUT2D eigenvalue weighted by Gasteiger charge is -2.23. The van der Waals surface area contributed by atoms with Crippen LogP contribution < -0.4 is 0 Å². The normalized spacial score (nSPS) is 18.0. The molecule has 1 aromatic heterocycles. The van der Waals surface area contributed by atoms with E-state index in [4.69, 9.17) is 4.42 Å². The molecule has 2 aromatic rings. The summed E-state index contributed by atoms with van der Waals surface area (Å²) in [7, 11) is -3.44. The first-order chi connectivity index (χ1) is 11.4. The molecule has 1 aromatic carbocycles. The molecule has 0 aliphatic carbocycles. The number of furan rings is 1. The Morgan fingerprint density at radius 2 is 1.96 bits per heavy atom. The average Bonchev–Trinajstić information content (AvgIpc) is 3.22. The van der Waals surface area contributed by atoms with E-state index in [-0.39, 0.29) is 22.8 Å². The van der Waals surface area contributed by atoms with Gasteiger partial charge in [-0.1, -0.05) is 30.3 Å². The summed E-state index contributed by atoms with van der Waals surface area (Å²) < 4.78 is 28.2. The molecule has 1 atom stereocenters. The number of hydrogen-bond acceptors (Lipinski definition) is 4. The number of sulfone groups is 1. The Labute approximate surface area is 142 Å². The van der Waals surface area contributed by atoms with Crippen molar-refractivity contribution in [3.8, 4) is 0 Å². The third kappa shape index (κ3) is 3.70. The maximum atomic E-state index is 12.6. The van der Waals surface area contributed by atoms with Crippen LogP contribution in [0.5, 0.6) is 0 Å². The molecule has 0 bridgehead atoms. The van der Waals surface area contributed by atoms with Gasteiger partial charge in [0, 0.05) is 18.8 Å². The van der Waals surface area contributed by atoms with Crippen molar-refractivity contribution in [1.29, 1.82) is 0 Å². The minimum absolute atomic E-state index is 0.0991. The van der Waals surface area contributed by atoms with Crippen molar-refractivity contribution in [1.82, 2.24) is 4.90 Å². The second-order valence-corrected chi connectivity index (χ2v) is 8.16. The summed E-state index contributed by atoms with van der Waals surface area (Å²) in [6.07, 6.45) is 4.82. The van der Waals surface area contributed by atoms with E-state index in [0.717, 1.165) is 31.9 Å². The van der Waals surface area contributed by atoms with Crippen LogP contribution in [0.15, 0.2) is 52.0 Å². The molecular formula is C18H21NO4S. The molecule has 0 saturated carbocycles. The van der Waals surface area contributed by atoms with E-state index in [1.807, 2.05) is 23.1 Å². The number of carbonyl (C=O) groups excluding carboxylic acids is 1. The number of carbonyl (C=O) groups is 1. The molecule has 0 radical (unpaired) electrons. The van der Waals surface area contributed by atoms with Crippen LogP contribution in [0.4, 0.5) is 0 Å². The van der Waals surface area contributed by atoms with Gasteiger partial charge in [0.2, 0.25) is 14.9 Å². The smallest absolute Gasteiger partial charge is 0.289 e. The molecule has 2 heterocycles. The Morgan fingerprint density at radius 3 is 2.62 bits per heavy atom. The summed E-state index contributed by atoms with van der Waals surface area (Å²) in [5.41, 5.74) is 1.26. The summed E-state index contributed by atoms with van der Waals surface area (Å²) in [6, 6.07) is 13.2. The molecule has 1 fully saturated rings. The van der Waals surface area contributed by atoms with E-state index in [1.54, 1.807) is 0 Å². The van der Waals surface area contributed by atoms with Crippen molar-refractivity contribution in [3.05, 3.63) is 53.8 Å². The van der Waals surface area contributed by atoms with Crippen molar-refractivity contribution in [2.75, 3.05) is 12.8 Å². The Balaban J connectivity index is 1.68. The SMILES string of the molecule is CS(=O)(=O)c1ccc(C(=O)N2CCCC2CCc2ccccc2)o1. The Hall–Kier alpha value is -2.08. The first-order valence-electron chi connectivity index (χ1n) is 8.10. The zero-order valence-corrected chi connectivity index (χ0v) is 14.5. The maximum Gasteiger partial charge on any atom is 0.289 e. The first kappa shape index (κ1) is 16.8. The molecule has 24 heavy (non-hydrogen) atoms. The fraction of sp³-hybridized carbons (Fsp3) is 0.389. The largest absolute Gasteiger partial charge is 0.440 e. The van der Waals surface area contributed by atoms with Gasteiger partial charge in [0.1, 0.15) is 0 Å². The van der Waals surface area contributed by atoms with E-state index < -0.39 is 9.84 Å². The highest BCUT2D eigenvalue weighted by atomic mass is 32.2. The number of aryl methyl sites for hydroxylation is 1. The topological polar surface area (TPSA) is 67.6 Å². The van der Waals surface area contributed by atoms with Crippen LogP contribution >= 0.6 is 0 Å². The monoisotopic (exact) mass is 347 g/mol. The van der Waals surface area contributed by atoms with E-state index in [0.29, 0.717) is 6.54 Å². The van der Waals surface area contributed by atoms with Crippen LogP contribution in [-0.2, 0) is 16.3 Å². The lowest BCUT2D eigenvalue weighted by molar-refractivity contribution is 0.0692. The van der Waals surface area contributed by atoms with Crippen LogP contribution in [0.1, 0.15) is 35.4 Å². The summed E-state index contributed by atoms with van der Waals surface area (Å²) in [4.78, 5) is 14.5. The molecule has 1 aliphatic heterocycles. The van der Waals surface area contributed by atoms with E-state index in [2.05, 4.69) is 12.1 Å². The molecule has 1 amide bonds. The standard InChI is InChI=1S/C18H21NO4S/c1-24(21,22)17-12-11-16(23-17)18(20)19-13-5-8-15(19)10-9-14-6-3-2-4-7-14/h2-4,6-7,11-12,15H,5,8-10,13H2,1H3. The second-order valence-electron chi connectivity index (χ2n) is 6.21. The van der Waals surface area contributed by atoms with Crippen LogP contribution in [0.3, 0.4) is 0 Å². The fourth-order valence-electron chi connectivity index (χ4n) is 3.16. The molecule has 1 unspecified atom stereocenters. The summed E-state index contributed by atoms with van der Waals surface area (Å²) in [6.45, 7) is 0.688.